The summed E-state index contributed by atoms with van der Waals surface area (Å²) in [6.45, 7) is 7.12. The van der Waals surface area contributed by atoms with Crippen LogP contribution in [0.25, 0.3) is 0 Å². The van der Waals surface area contributed by atoms with Gasteiger partial charge in [-0.1, -0.05) is 67.2 Å². The van der Waals surface area contributed by atoms with Gasteiger partial charge in [0.15, 0.2) is 10.1 Å². The molecule has 2 aromatic rings. The Morgan fingerprint density at radius 3 is 1.78 bits per heavy atom. The number of alkyl halides is 3. The minimum absolute atomic E-state index is 0.102. The molecular weight excluding hydrogens is 445 g/mol. The molecule has 0 heterocycles. The molecule has 0 saturated carbocycles. The predicted molar refractivity (Wildman–Crippen MR) is 115 cm³/mol. The fourth-order valence-electron chi connectivity index (χ4n) is 3.01. The largest absolute Gasteiger partial charge is 0.741 e. The quantitative estimate of drug-likeness (QED) is 0.199. The number of quaternary nitrogens is 1. The third kappa shape index (κ3) is 10.6. The van der Waals surface area contributed by atoms with Crippen LogP contribution in [0.4, 0.5) is 13.2 Å². The highest BCUT2D eigenvalue weighted by atomic mass is 32.2. The predicted octanol–water partition coefficient (Wildman–Crippen LogP) is 3.58. The van der Waals surface area contributed by atoms with E-state index in [1.54, 1.807) is 0 Å². The lowest BCUT2D eigenvalue weighted by molar-refractivity contribution is -0.935. The molecule has 0 saturated heterocycles. The van der Waals surface area contributed by atoms with Crippen LogP contribution in [-0.4, -0.2) is 49.0 Å². The van der Waals surface area contributed by atoms with Gasteiger partial charge in [-0.25, -0.2) is 8.42 Å². The summed E-state index contributed by atoms with van der Waals surface area (Å²) in [5, 5.41) is 2.87. The minimum atomic E-state index is -6.09. The fraction of sp³-hybridized carbons (Fsp3) is 0.318. The maximum absolute atomic E-state index is 11.3. The SMILES string of the molecule is C=CC(=O)NCCC[N+](C)(Cc1ccccc1)Cc1ccccc1.O=S(=O)([O-])C(F)(F)F. The number of hydrogen-bond donors (Lipinski definition) is 1. The zero-order valence-electron chi connectivity index (χ0n) is 17.7. The second-order valence-corrected chi connectivity index (χ2v) is 8.75. The normalized spacial score (nSPS) is 11.8. The number of amides is 1. The number of carbonyl (C=O) groups is 1. The summed E-state index contributed by atoms with van der Waals surface area (Å²) in [5.41, 5.74) is -2.97. The van der Waals surface area contributed by atoms with Gasteiger partial charge < -0.3 is 14.4 Å². The first-order valence-corrected chi connectivity index (χ1v) is 11.1. The molecule has 32 heavy (non-hydrogen) atoms. The summed E-state index contributed by atoms with van der Waals surface area (Å²) < 4.78 is 59.8. The summed E-state index contributed by atoms with van der Waals surface area (Å²) in [7, 11) is -3.80. The molecule has 0 fully saturated rings. The summed E-state index contributed by atoms with van der Waals surface area (Å²) >= 11 is 0. The van der Waals surface area contributed by atoms with Crippen molar-refractivity contribution in [3.05, 3.63) is 84.4 Å². The smallest absolute Gasteiger partial charge is 0.485 e. The van der Waals surface area contributed by atoms with Crippen LogP contribution in [0, 0.1) is 0 Å². The van der Waals surface area contributed by atoms with E-state index in [9.17, 15) is 18.0 Å². The van der Waals surface area contributed by atoms with Gasteiger partial charge in [-0.2, -0.15) is 13.2 Å². The monoisotopic (exact) mass is 472 g/mol. The lowest BCUT2D eigenvalue weighted by Crippen LogP contribution is -2.44. The number of hydrogen-bond acceptors (Lipinski definition) is 4. The topological polar surface area (TPSA) is 86.3 Å². The molecule has 0 bridgehead atoms. The van der Waals surface area contributed by atoms with Crippen LogP contribution in [0.15, 0.2) is 73.3 Å². The molecular formula is C22H27F3N2O4S. The van der Waals surface area contributed by atoms with Crippen molar-refractivity contribution < 1.29 is 35.4 Å². The van der Waals surface area contributed by atoms with E-state index in [1.165, 1.54) is 17.2 Å². The lowest BCUT2D eigenvalue weighted by Gasteiger charge is -2.35. The Labute approximate surface area is 186 Å². The van der Waals surface area contributed by atoms with Crippen LogP contribution >= 0.6 is 0 Å². The second kappa shape index (κ2) is 12.4. The van der Waals surface area contributed by atoms with Crippen LogP contribution in [-0.2, 0) is 28.0 Å². The van der Waals surface area contributed by atoms with Crippen molar-refractivity contribution in [1.29, 1.82) is 0 Å². The van der Waals surface area contributed by atoms with Crippen molar-refractivity contribution in [3.63, 3.8) is 0 Å². The van der Waals surface area contributed by atoms with Gasteiger partial charge in [0.2, 0.25) is 5.91 Å². The molecule has 0 aliphatic carbocycles. The molecule has 6 nitrogen and oxygen atoms in total. The molecule has 176 valence electrons. The highest BCUT2D eigenvalue weighted by molar-refractivity contribution is 7.86. The second-order valence-electron chi connectivity index (χ2n) is 7.38. The van der Waals surface area contributed by atoms with Crippen LogP contribution in [0.3, 0.4) is 0 Å². The van der Waals surface area contributed by atoms with E-state index in [1.807, 2.05) is 0 Å². The fourth-order valence-corrected chi connectivity index (χ4v) is 3.01. The van der Waals surface area contributed by atoms with Crippen LogP contribution < -0.4 is 5.32 Å². The van der Waals surface area contributed by atoms with Crippen molar-refractivity contribution in [2.45, 2.75) is 25.0 Å². The Kier molecular flexibility index (Phi) is 10.6. The number of halogens is 3. The summed E-state index contributed by atoms with van der Waals surface area (Å²) in [4.78, 5) is 11.3. The summed E-state index contributed by atoms with van der Waals surface area (Å²) in [6.07, 6.45) is 2.26. The lowest BCUT2D eigenvalue weighted by atomic mass is 10.1. The molecule has 0 atom stereocenters. The van der Waals surface area contributed by atoms with E-state index < -0.39 is 15.6 Å². The van der Waals surface area contributed by atoms with Gasteiger partial charge in [0, 0.05) is 24.1 Å². The van der Waals surface area contributed by atoms with Gasteiger partial charge in [0.1, 0.15) is 13.1 Å². The van der Waals surface area contributed by atoms with Gasteiger partial charge in [-0.3, -0.25) is 4.79 Å². The van der Waals surface area contributed by atoms with Gasteiger partial charge in [0.25, 0.3) is 0 Å². The molecule has 0 aliphatic rings. The summed E-state index contributed by atoms with van der Waals surface area (Å²) in [5.74, 6) is -0.102. The molecule has 2 aromatic carbocycles. The van der Waals surface area contributed by atoms with Gasteiger partial charge in [0.05, 0.1) is 13.6 Å². The zero-order valence-corrected chi connectivity index (χ0v) is 18.5. The first-order valence-electron chi connectivity index (χ1n) is 9.70. The van der Waals surface area contributed by atoms with E-state index in [-0.39, 0.29) is 5.91 Å². The molecule has 10 heteroatoms. The van der Waals surface area contributed by atoms with Crippen molar-refractivity contribution in [2.75, 3.05) is 20.1 Å². The van der Waals surface area contributed by atoms with E-state index >= 15 is 0 Å². The molecule has 0 unspecified atom stereocenters. The highest BCUT2D eigenvalue weighted by Gasteiger charge is 2.36. The van der Waals surface area contributed by atoms with E-state index in [4.69, 9.17) is 13.0 Å². The van der Waals surface area contributed by atoms with Gasteiger partial charge in [-0.05, 0) is 6.08 Å². The van der Waals surface area contributed by atoms with Crippen LogP contribution in [0.2, 0.25) is 0 Å². The van der Waals surface area contributed by atoms with Crippen molar-refractivity contribution in [2.24, 2.45) is 0 Å². The molecule has 0 aromatic heterocycles. The average molecular weight is 473 g/mol. The Balaban J connectivity index is 0.000000547. The van der Waals surface area contributed by atoms with Gasteiger partial charge >= 0.3 is 5.51 Å². The zero-order chi connectivity index (χ0) is 24.3. The first-order chi connectivity index (χ1) is 14.9. The number of nitrogens with zero attached hydrogens (tertiary/aromatic N) is 1. The molecule has 0 aliphatic heterocycles. The van der Waals surface area contributed by atoms with Crippen LogP contribution in [0.1, 0.15) is 17.5 Å². The standard InChI is InChI=1S/C21H26N2O.CHF3O3S/c1-3-21(24)22-15-10-16-23(2,17-19-11-6-4-7-12-19)18-20-13-8-5-9-14-20;2-1(3,4)8(5,6)7/h3-9,11-14H,1,10,15-18H2,2H3;(H,5,6,7). The number of carbonyl (C=O) groups excluding carboxylic acids is 1. The maximum Gasteiger partial charge on any atom is 0.485 e. The van der Waals surface area contributed by atoms with Crippen LogP contribution in [0.5, 0.6) is 0 Å². The van der Waals surface area contributed by atoms with Crippen molar-refractivity contribution in [1.82, 2.24) is 5.32 Å². The number of benzene rings is 2. The van der Waals surface area contributed by atoms with Gasteiger partial charge in [-0.15, -0.1) is 0 Å². The molecule has 2 rings (SSSR count). The first kappa shape index (κ1) is 27.3. The highest BCUT2D eigenvalue weighted by Crippen LogP contribution is 2.20. The van der Waals surface area contributed by atoms with Crippen molar-refractivity contribution in [3.8, 4) is 0 Å². The third-order valence-electron chi connectivity index (χ3n) is 4.46. The summed E-state index contributed by atoms with van der Waals surface area (Å²) in [6, 6.07) is 21.2. The van der Waals surface area contributed by atoms with E-state index in [2.05, 4.69) is 79.6 Å². The Bertz CT molecular complexity index is 909. The Morgan fingerprint density at radius 2 is 1.44 bits per heavy atom. The van der Waals surface area contributed by atoms with Crippen molar-refractivity contribution >= 4 is 16.0 Å². The third-order valence-corrected chi connectivity index (χ3v) is 5.02. The minimum Gasteiger partial charge on any atom is -0.741 e. The Hall–Kier alpha value is -2.69. The average Bonchev–Trinajstić information content (AvgIpc) is 2.71. The Morgan fingerprint density at radius 1 is 1.03 bits per heavy atom. The van der Waals surface area contributed by atoms with E-state index in [0.29, 0.717) is 6.54 Å². The molecule has 0 spiro atoms. The molecule has 0 radical (unpaired) electrons. The molecule has 1 N–H and O–H groups in total. The molecule has 1 amide bonds. The number of rotatable bonds is 9. The maximum atomic E-state index is 11.3. The number of nitrogens with one attached hydrogen (secondary N) is 1. The van der Waals surface area contributed by atoms with E-state index in [0.717, 1.165) is 30.5 Å².